The summed E-state index contributed by atoms with van der Waals surface area (Å²) in [5.41, 5.74) is 1.15. The van der Waals surface area contributed by atoms with Crippen LogP contribution in [0.4, 0.5) is 28.4 Å². The highest BCUT2D eigenvalue weighted by molar-refractivity contribution is 9.10. The van der Waals surface area contributed by atoms with Gasteiger partial charge in [-0.15, -0.1) is 10.2 Å². The van der Waals surface area contributed by atoms with Crippen molar-refractivity contribution < 1.29 is 19.4 Å². The summed E-state index contributed by atoms with van der Waals surface area (Å²) >= 11 is 3.11. The van der Waals surface area contributed by atoms with Crippen molar-refractivity contribution in [3.8, 4) is 5.75 Å². The number of nitrogens with zero attached hydrogens (tertiary/aromatic N) is 5. The maximum Gasteiger partial charge on any atom is 0.304 e. The zero-order valence-corrected chi connectivity index (χ0v) is 19.4. The van der Waals surface area contributed by atoms with E-state index in [0.717, 1.165) is 42.6 Å². The van der Waals surface area contributed by atoms with Crippen LogP contribution in [0.2, 0.25) is 0 Å². The smallest absolute Gasteiger partial charge is 0.304 e. The highest BCUT2D eigenvalue weighted by Crippen LogP contribution is 2.41. The molecule has 0 saturated heterocycles. The van der Waals surface area contributed by atoms with Gasteiger partial charge in [0.05, 0.1) is 38.9 Å². The molecular formula is C19H21BrN6O6. The van der Waals surface area contributed by atoms with E-state index in [0.29, 0.717) is 11.4 Å². The van der Waals surface area contributed by atoms with Crippen molar-refractivity contribution in [3.05, 3.63) is 54.5 Å². The zero-order chi connectivity index (χ0) is 24.4. The number of anilines is 1. The molecule has 0 radical (unpaired) electrons. The van der Waals surface area contributed by atoms with Gasteiger partial charge in [-0.3, -0.25) is 20.2 Å². The molecule has 0 spiro atoms. The minimum absolute atomic E-state index is 0.103. The summed E-state index contributed by atoms with van der Waals surface area (Å²) in [7, 11) is 1.55. The molecule has 0 heterocycles. The fourth-order valence-corrected chi connectivity index (χ4v) is 3.28. The van der Waals surface area contributed by atoms with Gasteiger partial charge in [-0.25, -0.2) is 10.2 Å². The van der Waals surface area contributed by atoms with Crippen LogP contribution in [-0.4, -0.2) is 36.1 Å². The molecule has 170 valence electrons. The van der Waals surface area contributed by atoms with Gasteiger partial charge in [0.15, 0.2) is 5.69 Å². The molecule has 32 heavy (non-hydrogen) atoms. The van der Waals surface area contributed by atoms with Crippen LogP contribution in [0.5, 0.6) is 5.75 Å². The Morgan fingerprint density at radius 3 is 2.19 bits per heavy atom. The number of nitrogens with one attached hydrogen (secondary N) is 1. The van der Waals surface area contributed by atoms with Crippen molar-refractivity contribution in [1.29, 1.82) is 5.41 Å². The van der Waals surface area contributed by atoms with E-state index in [1.807, 2.05) is 26.8 Å². The molecule has 2 rings (SSSR count). The third-order valence-electron chi connectivity index (χ3n) is 4.29. The van der Waals surface area contributed by atoms with Crippen LogP contribution in [-0.2, 0) is 4.79 Å². The second-order valence-corrected chi connectivity index (χ2v) is 6.95. The molecule has 2 aromatic rings. The van der Waals surface area contributed by atoms with Gasteiger partial charge in [-0.05, 0) is 48.3 Å². The van der Waals surface area contributed by atoms with Gasteiger partial charge < -0.3 is 9.64 Å². The third-order valence-corrected chi connectivity index (χ3v) is 4.90. The van der Waals surface area contributed by atoms with Gasteiger partial charge >= 0.3 is 5.69 Å². The summed E-state index contributed by atoms with van der Waals surface area (Å²) in [6, 6.07) is 5.63. The number of ether oxygens (including phenoxy) is 1. The number of methoxy groups -OCH3 is 1. The van der Waals surface area contributed by atoms with Crippen LogP contribution in [0, 0.1) is 32.6 Å². The Morgan fingerprint density at radius 1 is 1.12 bits per heavy atom. The quantitative estimate of drug-likeness (QED) is 0.156. The van der Waals surface area contributed by atoms with Crippen molar-refractivity contribution in [2.45, 2.75) is 20.8 Å². The van der Waals surface area contributed by atoms with E-state index in [4.69, 9.17) is 14.9 Å². The Morgan fingerprint density at radius 2 is 1.72 bits per heavy atom. The summed E-state index contributed by atoms with van der Waals surface area (Å²) in [4.78, 5) is 31.3. The number of halogens is 1. The summed E-state index contributed by atoms with van der Waals surface area (Å²) in [6.07, 6.45) is 0.750. The fraction of sp³-hybridized carbons (Fsp3) is 0.316. The van der Waals surface area contributed by atoms with E-state index in [1.165, 1.54) is 0 Å². The lowest BCUT2D eigenvalue weighted by Crippen LogP contribution is -2.22. The number of aryl methyl sites for hydroxylation is 1. The monoisotopic (exact) mass is 508 g/mol. The van der Waals surface area contributed by atoms with Crippen LogP contribution in [0.1, 0.15) is 19.4 Å². The fourth-order valence-electron chi connectivity index (χ4n) is 2.76. The lowest BCUT2D eigenvalue weighted by atomic mass is 10.1. The molecule has 0 atom stereocenters. The Balaban J connectivity index is 0.00000161. The van der Waals surface area contributed by atoms with E-state index < -0.39 is 21.2 Å². The molecule has 0 aromatic heterocycles. The first-order valence-corrected chi connectivity index (χ1v) is 9.95. The number of nitro benzene ring substituents is 2. The number of hydrogen-bond acceptors (Lipinski definition) is 10. The van der Waals surface area contributed by atoms with Crippen molar-refractivity contribution in [2.24, 2.45) is 10.2 Å². The van der Waals surface area contributed by atoms with Crippen molar-refractivity contribution in [2.75, 3.05) is 25.1 Å². The number of azo groups is 1. The van der Waals surface area contributed by atoms with E-state index >= 15 is 0 Å². The van der Waals surface area contributed by atoms with Gasteiger partial charge in [0, 0.05) is 25.2 Å². The van der Waals surface area contributed by atoms with Crippen LogP contribution in [0.3, 0.4) is 0 Å². The van der Waals surface area contributed by atoms with Gasteiger partial charge in [-0.1, -0.05) is 0 Å². The molecule has 1 N–H and O–H groups in total. The highest BCUT2D eigenvalue weighted by Gasteiger charge is 2.23. The summed E-state index contributed by atoms with van der Waals surface area (Å²) < 4.78 is 5.57. The molecule has 0 aliphatic rings. The van der Waals surface area contributed by atoms with Crippen molar-refractivity contribution in [3.63, 3.8) is 0 Å². The number of isocyanates is 1. The summed E-state index contributed by atoms with van der Waals surface area (Å²) in [5.74, 6) is 0.602. The standard InChI is InChI=1S/C18H20BrN5O5.CHNO/c1-5-22(6-2)15-7-11(3)14(10-17(15)29-4)20-21-18-13(19)8-12(23(25)26)9-16(18)24(27)28;2-1-3/h7-10H,5-6H2,1-4H3;2H. The van der Waals surface area contributed by atoms with E-state index in [2.05, 4.69) is 31.1 Å². The van der Waals surface area contributed by atoms with Gasteiger partial charge in [-0.2, -0.15) is 0 Å². The molecule has 0 aliphatic heterocycles. The molecule has 0 unspecified atom stereocenters. The lowest BCUT2D eigenvalue weighted by molar-refractivity contribution is -0.393. The Bertz CT molecular complexity index is 1060. The second kappa shape index (κ2) is 12.2. The number of hydrogen-bond donors (Lipinski definition) is 1. The summed E-state index contributed by atoms with van der Waals surface area (Å²) in [6.45, 7) is 7.53. The molecule has 0 saturated carbocycles. The van der Waals surface area contributed by atoms with E-state index in [1.54, 1.807) is 13.2 Å². The first-order valence-electron chi connectivity index (χ1n) is 9.16. The van der Waals surface area contributed by atoms with E-state index in [9.17, 15) is 20.2 Å². The lowest BCUT2D eigenvalue weighted by Gasteiger charge is -2.24. The first kappa shape index (κ1) is 26.3. The number of carbonyl (C=O) groups excluding carboxylic acids is 1. The van der Waals surface area contributed by atoms with Crippen LogP contribution in [0.25, 0.3) is 0 Å². The van der Waals surface area contributed by atoms with Crippen LogP contribution in [0.15, 0.2) is 39.0 Å². The average molecular weight is 509 g/mol. The number of nitro groups is 2. The molecule has 0 amide bonds. The topological polar surface area (TPSA) is 164 Å². The Hall–Kier alpha value is -3.70. The summed E-state index contributed by atoms with van der Waals surface area (Å²) in [5, 5.41) is 35.8. The minimum Gasteiger partial charge on any atom is -0.495 e. The molecular weight excluding hydrogens is 488 g/mol. The maximum absolute atomic E-state index is 11.3. The predicted molar refractivity (Wildman–Crippen MR) is 121 cm³/mol. The normalized spacial score (nSPS) is 10.2. The molecule has 0 bridgehead atoms. The predicted octanol–water partition coefficient (Wildman–Crippen LogP) is 5.75. The largest absolute Gasteiger partial charge is 0.495 e. The average Bonchev–Trinajstić information content (AvgIpc) is 2.74. The number of non-ortho nitro benzene ring substituents is 1. The van der Waals surface area contributed by atoms with Crippen LogP contribution < -0.4 is 9.64 Å². The maximum atomic E-state index is 11.3. The highest BCUT2D eigenvalue weighted by atomic mass is 79.9. The molecule has 12 nitrogen and oxygen atoms in total. The second-order valence-electron chi connectivity index (χ2n) is 6.09. The molecule has 13 heteroatoms. The van der Waals surface area contributed by atoms with Crippen molar-refractivity contribution in [1.82, 2.24) is 0 Å². The van der Waals surface area contributed by atoms with Crippen LogP contribution >= 0.6 is 15.9 Å². The number of benzene rings is 2. The minimum atomic E-state index is -0.733. The molecule has 0 fully saturated rings. The Kier molecular flexibility index (Phi) is 10.1. The zero-order valence-electron chi connectivity index (χ0n) is 17.8. The first-order chi connectivity index (χ1) is 15.1. The van der Waals surface area contributed by atoms with E-state index in [-0.39, 0.29) is 10.2 Å². The SMILES string of the molecule is CCN(CC)c1cc(C)c(N=Nc2c(Br)cc([N+](=O)[O-])cc2[N+](=O)[O-])cc1OC.N=C=O. The molecule has 0 aliphatic carbocycles. The van der Waals surface area contributed by atoms with Gasteiger partial charge in [0.25, 0.3) is 5.69 Å². The van der Waals surface area contributed by atoms with Gasteiger partial charge in [0.2, 0.25) is 6.08 Å². The number of rotatable bonds is 8. The third kappa shape index (κ3) is 6.40. The Labute approximate surface area is 191 Å². The van der Waals surface area contributed by atoms with Gasteiger partial charge in [0.1, 0.15) is 5.75 Å². The molecule has 2 aromatic carbocycles. The van der Waals surface area contributed by atoms with Crippen molar-refractivity contribution >= 4 is 50.4 Å².